The summed E-state index contributed by atoms with van der Waals surface area (Å²) in [6.07, 6.45) is 3.65. The van der Waals surface area contributed by atoms with Crippen molar-refractivity contribution in [2.24, 2.45) is 5.73 Å². The van der Waals surface area contributed by atoms with Crippen molar-refractivity contribution in [3.63, 3.8) is 0 Å². The highest BCUT2D eigenvalue weighted by Crippen LogP contribution is 2.27. The normalized spacial score (nSPS) is 10.9. The molecule has 0 spiro atoms. The number of hydrogen-bond donors (Lipinski definition) is 1. The van der Waals surface area contributed by atoms with Crippen LogP contribution in [0.25, 0.3) is 28.0 Å². The zero-order chi connectivity index (χ0) is 17.4. The lowest BCUT2D eigenvalue weighted by Crippen LogP contribution is -2.12. The van der Waals surface area contributed by atoms with Gasteiger partial charge in [0.15, 0.2) is 0 Å². The number of pyridine rings is 1. The van der Waals surface area contributed by atoms with Gasteiger partial charge in [-0.25, -0.2) is 9.37 Å². The predicted octanol–water partition coefficient (Wildman–Crippen LogP) is 3.91. The first kappa shape index (κ1) is 15.1. The molecule has 0 saturated carbocycles. The molecule has 4 rings (SSSR count). The van der Waals surface area contributed by atoms with Crippen molar-refractivity contribution in [2.75, 3.05) is 0 Å². The fraction of sp³-hybridized carbons (Fsp3) is 0. The number of rotatable bonds is 3. The Balaban J connectivity index is 1.83. The van der Waals surface area contributed by atoms with E-state index in [-0.39, 0.29) is 5.82 Å². The van der Waals surface area contributed by atoms with E-state index in [1.165, 1.54) is 12.1 Å². The van der Waals surface area contributed by atoms with Crippen LogP contribution in [0.3, 0.4) is 0 Å². The van der Waals surface area contributed by atoms with Crippen molar-refractivity contribution in [1.82, 2.24) is 9.38 Å². The molecule has 4 nitrogen and oxygen atoms in total. The minimum atomic E-state index is -0.517. The number of fused-ring (bicyclic) bond motifs is 1. The van der Waals surface area contributed by atoms with Gasteiger partial charge in [0.25, 0.3) is 5.91 Å². The highest BCUT2D eigenvalue weighted by atomic mass is 19.1. The highest BCUT2D eigenvalue weighted by Gasteiger charge is 2.12. The lowest BCUT2D eigenvalue weighted by atomic mass is 10.0. The van der Waals surface area contributed by atoms with Gasteiger partial charge < -0.3 is 10.1 Å². The van der Waals surface area contributed by atoms with Gasteiger partial charge in [-0.1, -0.05) is 30.3 Å². The number of halogens is 1. The summed E-state index contributed by atoms with van der Waals surface area (Å²) in [6, 6.07) is 17.5. The number of carbonyl (C=O) groups excluding carboxylic acids is 1. The topological polar surface area (TPSA) is 60.4 Å². The summed E-state index contributed by atoms with van der Waals surface area (Å²) < 4.78 is 15.2. The lowest BCUT2D eigenvalue weighted by molar-refractivity contribution is 0.100. The summed E-state index contributed by atoms with van der Waals surface area (Å²) >= 11 is 0. The van der Waals surface area contributed by atoms with Crippen molar-refractivity contribution >= 4 is 11.6 Å². The van der Waals surface area contributed by atoms with E-state index in [1.807, 2.05) is 42.7 Å². The molecular weight excluding hydrogens is 317 g/mol. The van der Waals surface area contributed by atoms with Gasteiger partial charge in [0.1, 0.15) is 11.5 Å². The van der Waals surface area contributed by atoms with Crippen molar-refractivity contribution < 1.29 is 9.18 Å². The molecule has 25 heavy (non-hydrogen) atoms. The molecule has 2 N–H and O–H groups in total. The van der Waals surface area contributed by atoms with Crippen molar-refractivity contribution in [1.29, 1.82) is 0 Å². The quantitative estimate of drug-likeness (QED) is 0.619. The number of hydrogen-bond acceptors (Lipinski definition) is 2. The van der Waals surface area contributed by atoms with Gasteiger partial charge >= 0.3 is 0 Å². The second kappa shape index (κ2) is 5.87. The van der Waals surface area contributed by atoms with Crippen LogP contribution >= 0.6 is 0 Å². The minimum Gasteiger partial charge on any atom is -0.365 e. The van der Waals surface area contributed by atoms with E-state index in [0.29, 0.717) is 16.9 Å². The minimum absolute atomic E-state index is 0.276. The maximum atomic E-state index is 13.5. The van der Waals surface area contributed by atoms with Crippen LogP contribution in [0.15, 0.2) is 73.1 Å². The fourth-order valence-corrected chi connectivity index (χ4v) is 2.87. The molecule has 4 aromatic rings. The summed E-state index contributed by atoms with van der Waals surface area (Å²) in [6.45, 7) is 0. The molecule has 0 aliphatic heterocycles. The van der Waals surface area contributed by atoms with Gasteiger partial charge in [-0.05, 0) is 41.5 Å². The highest BCUT2D eigenvalue weighted by molar-refractivity contribution is 5.99. The lowest BCUT2D eigenvalue weighted by Gasteiger charge is -2.04. The average Bonchev–Trinajstić information content (AvgIpc) is 3.06. The molecule has 2 aromatic heterocycles. The van der Waals surface area contributed by atoms with E-state index in [1.54, 1.807) is 22.6 Å². The molecular formula is C20H14FN3O. The summed E-state index contributed by atoms with van der Waals surface area (Å²) in [5, 5.41) is 0. The Morgan fingerprint density at radius 1 is 0.960 bits per heavy atom. The summed E-state index contributed by atoms with van der Waals surface area (Å²) in [7, 11) is 0. The third-order valence-electron chi connectivity index (χ3n) is 4.06. The van der Waals surface area contributed by atoms with E-state index >= 15 is 0 Å². The SMILES string of the molecule is NC(=O)c1cccn2cc(-c3cccc(-c4cccc(F)c4)c3)nc12. The second-order valence-corrected chi connectivity index (χ2v) is 5.73. The smallest absolute Gasteiger partial charge is 0.252 e. The monoisotopic (exact) mass is 331 g/mol. The molecule has 122 valence electrons. The van der Waals surface area contributed by atoms with E-state index < -0.39 is 5.91 Å². The molecule has 5 heteroatoms. The number of aromatic nitrogens is 2. The van der Waals surface area contributed by atoms with Crippen molar-refractivity contribution in [3.8, 4) is 22.4 Å². The Bertz CT molecular complexity index is 1100. The summed E-state index contributed by atoms with van der Waals surface area (Å²) in [5.74, 6) is -0.794. The largest absolute Gasteiger partial charge is 0.365 e. The molecule has 1 amide bonds. The summed E-state index contributed by atoms with van der Waals surface area (Å²) in [4.78, 5) is 16.1. The van der Waals surface area contributed by atoms with Gasteiger partial charge in [0.2, 0.25) is 0 Å². The predicted molar refractivity (Wildman–Crippen MR) is 94.5 cm³/mol. The van der Waals surface area contributed by atoms with Crippen LogP contribution in [0.4, 0.5) is 4.39 Å². The Morgan fingerprint density at radius 3 is 2.44 bits per heavy atom. The third kappa shape index (κ3) is 2.76. The molecule has 0 fully saturated rings. The van der Waals surface area contributed by atoms with E-state index in [0.717, 1.165) is 16.7 Å². The number of imidazole rings is 1. The third-order valence-corrected chi connectivity index (χ3v) is 4.06. The van der Waals surface area contributed by atoms with Crippen LogP contribution in [0.1, 0.15) is 10.4 Å². The zero-order valence-corrected chi connectivity index (χ0v) is 13.2. The standard InChI is InChI=1S/C20H14FN3O/c21-16-7-2-5-14(11-16)13-4-1-6-15(10-13)18-12-24-9-3-8-17(19(22)25)20(24)23-18/h1-12H,(H2,22,25). The van der Waals surface area contributed by atoms with E-state index in [2.05, 4.69) is 4.98 Å². The maximum absolute atomic E-state index is 13.5. The number of carbonyl (C=O) groups is 1. The zero-order valence-electron chi connectivity index (χ0n) is 13.2. The molecule has 0 unspecified atom stereocenters. The molecule has 0 aliphatic carbocycles. The fourth-order valence-electron chi connectivity index (χ4n) is 2.87. The average molecular weight is 331 g/mol. The van der Waals surface area contributed by atoms with Crippen LogP contribution in [-0.2, 0) is 0 Å². The van der Waals surface area contributed by atoms with Crippen molar-refractivity contribution in [3.05, 3.63) is 84.4 Å². The van der Waals surface area contributed by atoms with Gasteiger partial charge in [0, 0.05) is 18.0 Å². The number of nitrogens with two attached hydrogens (primary N) is 1. The molecule has 0 radical (unpaired) electrons. The Morgan fingerprint density at radius 2 is 1.68 bits per heavy atom. The Hall–Kier alpha value is -3.47. The Labute approximate surface area is 143 Å². The summed E-state index contributed by atoms with van der Waals surface area (Å²) in [5.41, 5.74) is 9.58. The first-order chi connectivity index (χ1) is 12.1. The van der Waals surface area contributed by atoms with E-state index in [4.69, 9.17) is 5.73 Å². The first-order valence-corrected chi connectivity index (χ1v) is 7.76. The van der Waals surface area contributed by atoms with Gasteiger partial charge in [-0.15, -0.1) is 0 Å². The molecule has 0 aliphatic rings. The Kier molecular flexibility index (Phi) is 3.54. The molecule has 0 bridgehead atoms. The number of amides is 1. The van der Waals surface area contributed by atoms with Crippen molar-refractivity contribution in [2.45, 2.75) is 0 Å². The van der Waals surface area contributed by atoms with Crippen LogP contribution in [0, 0.1) is 5.82 Å². The number of benzene rings is 2. The molecule has 0 atom stereocenters. The van der Waals surface area contributed by atoms with Gasteiger partial charge in [0.05, 0.1) is 11.3 Å². The van der Waals surface area contributed by atoms with Crippen LogP contribution in [-0.4, -0.2) is 15.3 Å². The van der Waals surface area contributed by atoms with Crippen LogP contribution in [0.5, 0.6) is 0 Å². The number of primary amides is 1. The van der Waals surface area contributed by atoms with Gasteiger partial charge in [-0.2, -0.15) is 0 Å². The molecule has 0 saturated heterocycles. The van der Waals surface area contributed by atoms with E-state index in [9.17, 15) is 9.18 Å². The van der Waals surface area contributed by atoms with Crippen LogP contribution in [0.2, 0.25) is 0 Å². The first-order valence-electron chi connectivity index (χ1n) is 7.76. The second-order valence-electron chi connectivity index (χ2n) is 5.73. The maximum Gasteiger partial charge on any atom is 0.252 e. The molecule has 2 aromatic carbocycles. The van der Waals surface area contributed by atoms with Gasteiger partial charge in [-0.3, -0.25) is 4.79 Å². The van der Waals surface area contributed by atoms with Crippen LogP contribution < -0.4 is 5.73 Å². The number of nitrogens with zero attached hydrogens (tertiary/aromatic N) is 2. The molecule has 2 heterocycles.